The summed E-state index contributed by atoms with van der Waals surface area (Å²) < 4.78 is 19.3. The van der Waals surface area contributed by atoms with Crippen LogP contribution in [0, 0.1) is 5.82 Å². The molecular formula is C16H16FNO2. The second-order valence-corrected chi connectivity index (χ2v) is 4.52. The summed E-state index contributed by atoms with van der Waals surface area (Å²) in [5.41, 5.74) is 2.08. The Labute approximate surface area is 117 Å². The lowest BCUT2D eigenvalue weighted by molar-refractivity contribution is 0.320. The zero-order chi connectivity index (χ0) is 14.5. The van der Waals surface area contributed by atoms with E-state index in [-0.39, 0.29) is 11.7 Å². The van der Waals surface area contributed by atoms with Gasteiger partial charge in [-0.15, -0.1) is 5.16 Å². The van der Waals surface area contributed by atoms with Crippen molar-refractivity contribution in [3.8, 4) is 16.9 Å². The number of nitrogens with zero attached hydrogens (tertiary/aromatic N) is 1. The molecule has 104 valence electrons. The van der Waals surface area contributed by atoms with Gasteiger partial charge in [-0.05, 0) is 29.3 Å². The molecule has 1 unspecified atom stereocenters. The van der Waals surface area contributed by atoms with E-state index in [0.29, 0.717) is 5.56 Å². The normalized spacial score (nSPS) is 12.6. The highest BCUT2D eigenvalue weighted by Crippen LogP contribution is 2.27. The van der Waals surface area contributed by atoms with Crippen LogP contribution in [0.15, 0.2) is 47.6 Å². The molecule has 2 aromatic carbocycles. The molecule has 0 aromatic heterocycles. The Kier molecular flexibility index (Phi) is 4.35. The fourth-order valence-electron chi connectivity index (χ4n) is 2.01. The minimum atomic E-state index is -0.300. The summed E-state index contributed by atoms with van der Waals surface area (Å²) in [6.45, 7) is 1.83. The van der Waals surface area contributed by atoms with Crippen LogP contribution in [0.1, 0.15) is 18.4 Å². The minimum absolute atomic E-state index is 0.139. The molecule has 1 atom stereocenters. The number of benzene rings is 2. The van der Waals surface area contributed by atoms with Gasteiger partial charge in [0.1, 0.15) is 11.6 Å². The second kappa shape index (κ2) is 6.19. The van der Waals surface area contributed by atoms with Crippen LogP contribution in [0.2, 0.25) is 0 Å². The molecule has 20 heavy (non-hydrogen) atoms. The van der Waals surface area contributed by atoms with Crippen molar-refractivity contribution in [2.75, 3.05) is 7.11 Å². The molecule has 0 aliphatic heterocycles. The molecule has 0 aliphatic carbocycles. The van der Waals surface area contributed by atoms with E-state index in [2.05, 4.69) is 5.16 Å². The maximum atomic E-state index is 14.2. The predicted molar refractivity (Wildman–Crippen MR) is 77.1 cm³/mol. The monoisotopic (exact) mass is 273 g/mol. The lowest BCUT2D eigenvalue weighted by atomic mass is 9.97. The Bertz CT molecular complexity index is 608. The van der Waals surface area contributed by atoms with Crippen LogP contribution in [0.25, 0.3) is 11.1 Å². The van der Waals surface area contributed by atoms with E-state index in [4.69, 9.17) is 9.94 Å². The van der Waals surface area contributed by atoms with Gasteiger partial charge in [0.2, 0.25) is 0 Å². The summed E-state index contributed by atoms with van der Waals surface area (Å²) in [4.78, 5) is 0. The number of halogens is 1. The molecule has 0 radical (unpaired) electrons. The first-order valence-electron chi connectivity index (χ1n) is 6.27. The quantitative estimate of drug-likeness (QED) is 0.518. The summed E-state index contributed by atoms with van der Waals surface area (Å²) in [5, 5.41) is 11.5. The number of hydrogen-bond donors (Lipinski definition) is 1. The summed E-state index contributed by atoms with van der Waals surface area (Å²) >= 11 is 0. The topological polar surface area (TPSA) is 41.8 Å². The van der Waals surface area contributed by atoms with E-state index in [0.717, 1.165) is 16.9 Å². The highest BCUT2D eigenvalue weighted by atomic mass is 19.1. The van der Waals surface area contributed by atoms with Crippen LogP contribution in [-0.2, 0) is 0 Å². The van der Waals surface area contributed by atoms with Crippen LogP contribution < -0.4 is 4.74 Å². The Morgan fingerprint density at radius 1 is 1.20 bits per heavy atom. The standard InChI is InChI=1S/C16H16FNO2/c1-11(10-18-19)13-5-8-15(16(17)9-13)12-3-6-14(20-2)7-4-12/h3-11,19H,1-2H3/b18-10+. The minimum Gasteiger partial charge on any atom is -0.497 e. The number of rotatable bonds is 4. The Balaban J connectivity index is 2.33. The van der Waals surface area contributed by atoms with Gasteiger partial charge in [0, 0.05) is 11.5 Å². The van der Waals surface area contributed by atoms with Gasteiger partial charge in [0.25, 0.3) is 0 Å². The van der Waals surface area contributed by atoms with Crippen molar-refractivity contribution in [1.82, 2.24) is 0 Å². The van der Waals surface area contributed by atoms with Gasteiger partial charge in [-0.2, -0.15) is 0 Å². The first-order chi connectivity index (χ1) is 9.65. The molecular weight excluding hydrogens is 257 g/mol. The fraction of sp³-hybridized carbons (Fsp3) is 0.188. The largest absolute Gasteiger partial charge is 0.497 e. The molecule has 3 nitrogen and oxygen atoms in total. The van der Waals surface area contributed by atoms with Gasteiger partial charge in [0.15, 0.2) is 0 Å². The van der Waals surface area contributed by atoms with Crippen molar-refractivity contribution >= 4 is 6.21 Å². The average molecular weight is 273 g/mol. The van der Waals surface area contributed by atoms with E-state index in [1.165, 1.54) is 12.3 Å². The first kappa shape index (κ1) is 14.1. The summed E-state index contributed by atoms with van der Waals surface area (Å²) in [7, 11) is 1.59. The molecule has 0 amide bonds. The number of oxime groups is 1. The van der Waals surface area contributed by atoms with Crippen molar-refractivity contribution in [3.05, 3.63) is 53.8 Å². The van der Waals surface area contributed by atoms with Gasteiger partial charge in [-0.25, -0.2) is 4.39 Å². The highest BCUT2D eigenvalue weighted by Gasteiger charge is 2.09. The molecule has 4 heteroatoms. The van der Waals surface area contributed by atoms with E-state index in [1.807, 2.05) is 25.1 Å². The molecule has 0 saturated heterocycles. The van der Waals surface area contributed by atoms with E-state index in [1.54, 1.807) is 25.3 Å². The summed E-state index contributed by atoms with van der Waals surface area (Å²) in [6, 6.07) is 12.2. The maximum Gasteiger partial charge on any atom is 0.131 e. The van der Waals surface area contributed by atoms with Crippen LogP contribution in [0.5, 0.6) is 5.75 Å². The summed E-state index contributed by atoms with van der Waals surface area (Å²) in [6.07, 6.45) is 1.36. The SMILES string of the molecule is COc1ccc(-c2ccc(C(C)/C=N/O)cc2F)cc1. The Hall–Kier alpha value is -2.36. The molecule has 0 bridgehead atoms. The second-order valence-electron chi connectivity index (χ2n) is 4.52. The summed E-state index contributed by atoms with van der Waals surface area (Å²) in [5.74, 6) is 0.295. The van der Waals surface area contributed by atoms with Crippen LogP contribution in [0.4, 0.5) is 4.39 Å². The van der Waals surface area contributed by atoms with Crippen molar-refractivity contribution in [3.63, 3.8) is 0 Å². The zero-order valence-corrected chi connectivity index (χ0v) is 11.4. The third-order valence-electron chi connectivity index (χ3n) is 3.21. The first-order valence-corrected chi connectivity index (χ1v) is 6.27. The van der Waals surface area contributed by atoms with Crippen molar-refractivity contribution < 1.29 is 14.3 Å². The number of methoxy groups -OCH3 is 1. The predicted octanol–water partition coefficient (Wildman–Crippen LogP) is 4.06. The van der Waals surface area contributed by atoms with Crippen LogP contribution >= 0.6 is 0 Å². The third kappa shape index (κ3) is 2.96. The molecule has 0 heterocycles. The van der Waals surface area contributed by atoms with Crippen molar-refractivity contribution in [1.29, 1.82) is 0 Å². The third-order valence-corrected chi connectivity index (χ3v) is 3.21. The van der Waals surface area contributed by atoms with Crippen molar-refractivity contribution in [2.24, 2.45) is 5.16 Å². The fourth-order valence-corrected chi connectivity index (χ4v) is 2.01. The van der Waals surface area contributed by atoms with Gasteiger partial charge in [-0.1, -0.05) is 31.2 Å². The van der Waals surface area contributed by atoms with E-state index >= 15 is 0 Å². The lowest BCUT2D eigenvalue weighted by Gasteiger charge is -2.09. The maximum absolute atomic E-state index is 14.2. The molecule has 2 rings (SSSR count). The molecule has 0 fully saturated rings. The zero-order valence-electron chi connectivity index (χ0n) is 11.4. The molecule has 0 aliphatic rings. The molecule has 1 N–H and O–H groups in total. The van der Waals surface area contributed by atoms with E-state index in [9.17, 15) is 4.39 Å². The highest BCUT2D eigenvalue weighted by molar-refractivity contribution is 5.69. The van der Waals surface area contributed by atoms with Gasteiger partial charge in [-0.3, -0.25) is 0 Å². The Morgan fingerprint density at radius 3 is 2.45 bits per heavy atom. The van der Waals surface area contributed by atoms with Gasteiger partial charge < -0.3 is 9.94 Å². The van der Waals surface area contributed by atoms with Crippen LogP contribution in [0.3, 0.4) is 0 Å². The average Bonchev–Trinajstić information content (AvgIpc) is 2.47. The Morgan fingerprint density at radius 2 is 1.90 bits per heavy atom. The number of hydrogen-bond acceptors (Lipinski definition) is 3. The molecule has 2 aromatic rings. The molecule has 0 spiro atoms. The van der Waals surface area contributed by atoms with Gasteiger partial charge in [0.05, 0.1) is 13.3 Å². The lowest BCUT2D eigenvalue weighted by Crippen LogP contribution is -1.96. The van der Waals surface area contributed by atoms with Gasteiger partial charge >= 0.3 is 0 Å². The van der Waals surface area contributed by atoms with Crippen molar-refractivity contribution in [2.45, 2.75) is 12.8 Å². The molecule has 0 saturated carbocycles. The smallest absolute Gasteiger partial charge is 0.131 e. The number of ether oxygens (including phenoxy) is 1. The van der Waals surface area contributed by atoms with Crippen LogP contribution in [-0.4, -0.2) is 18.5 Å². The van der Waals surface area contributed by atoms with E-state index < -0.39 is 0 Å².